The fraction of sp³-hybridized carbons (Fsp3) is 0.476. The Bertz CT molecular complexity index is 1060. The molecule has 34 heavy (non-hydrogen) atoms. The van der Waals surface area contributed by atoms with E-state index in [9.17, 15) is 18.1 Å². The lowest BCUT2D eigenvalue weighted by Gasteiger charge is -2.19. The summed E-state index contributed by atoms with van der Waals surface area (Å²) in [6.07, 6.45) is -0.736. The molecule has 1 unspecified atom stereocenters. The number of hydrogen-bond donors (Lipinski definition) is 2. The van der Waals surface area contributed by atoms with Crippen molar-refractivity contribution >= 4 is 24.9 Å². The number of hydrogen-bond acceptors (Lipinski definition) is 8. The molecule has 10 nitrogen and oxygen atoms in total. The van der Waals surface area contributed by atoms with Crippen LogP contribution in [-0.2, 0) is 27.1 Å². The summed E-state index contributed by atoms with van der Waals surface area (Å²) in [4.78, 5) is 31.6. The number of nitrogens with zero attached hydrogens (tertiary/aromatic N) is 3. The van der Waals surface area contributed by atoms with E-state index in [0.717, 1.165) is 5.56 Å². The number of anilines is 2. The van der Waals surface area contributed by atoms with Gasteiger partial charge in [-0.3, -0.25) is 14.3 Å². The minimum absolute atomic E-state index is 0.0328. The summed E-state index contributed by atoms with van der Waals surface area (Å²) < 4.78 is 54.1. The molecule has 1 aromatic heterocycles. The maximum absolute atomic E-state index is 13.5. The van der Waals surface area contributed by atoms with Gasteiger partial charge in [0.25, 0.3) is 7.37 Å². The summed E-state index contributed by atoms with van der Waals surface area (Å²) >= 11 is 0. The fourth-order valence-electron chi connectivity index (χ4n) is 3.23. The number of ether oxygens (including phenoxy) is 3. The second-order valence-electron chi connectivity index (χ2n) is 7.83. The first kappa shape index (κ1) is 25.8. The van der Waals surface area contributed by atoms with Crippen molar-refractivity contribution in [3.63, 3.8) is 0 Å². The van der Waals surface area contributed by atoms with Crippen LogP contribution < -0.4 is 20.1 Å². The van der Waals surface area contributed by atoms with Crippen LogP contribution in [0.4, 0.5) is 20.4 Å². The Kier molecular flexibility index (Phi) is 8.06. The first-order valence-corrected chi connectivity index (χ1v) is 12.6. The highest BCUT2D eigenvalue weighted by Crippen LogP contribution is 2.55. The van der Waals surface area contributed by atoms with E-state index in [1.165, 1.54) is 12.0 Å². The normalized spacial score (nSPS) is 15.2. The second kappa shape index (κ2) is 10.6. The van der Waals surface area contributed by atoms with Gasteiger partial charge in [-0.2, -0.15) is 18.7 Å². The minimum Gasteiger partial charge on any atom is -0.494 e. The number of fused-ring (bicyclic) bond motifs is 1. The van der Waals surface area contributed by atoms with Crippen molar-refractivity contribution in [2.24, 2.45) is 0 Å². The van der Waals surface area contributed by atoms with E-state index in [1.807, 2.05) is 0 Å². The van der Waals surface area contributed by atoms with Gasteiger partial charge >= 0.3 is 11.7 Å². The topological polar surface area (TPSA) is 137 Å². The number of halogens is 2. The van der Waals surface area contributed by atoms with Crippen LogP contribution in [0.1, 0.15) is 24.0 Å². The number of rotatable bonds is 12. The quantitative estimate of drug-likeness (QED) is 0.333. The Balaban J connectivity index is 1.59. The molecule has 0 bridgehead atoms. The molecule has 3 rings (SSSR count). The highest BCUT2D eigenvalue weighted by Gasteiger charge is 2.44. The number of carbonyl (C=O) groups excluding carboxylic acids is 1. The van der Waals surface area contributed by atoms with Crippen molar-refractivity contribution < 1.29 is 37.2 Å². The number of alkyl halides is 2. The molecule has 2 heterocycles. The number of methoxy groups -OCH3 is 1. The molecule has 0 saturated heterocycles. The molecule has 2 aromatic rings. The van der Waals surface area contributed by atoms with E-state index >= 15 is 0 Å². The maximum atomic E-state index is 13.5. The predicted molar refractivity (Wildman–Crippen MR) is 121 cm³/mol. The van der Waals surface area contributed by atoms with Crippen LogP contribution in [0.15, 0.2) is 24.3 Å². The smallest absolute Gasteiger partial charge is 0.321 e. The van der Waals surface area contributed by atoms with Crippen LogP contribution in [0.25, 0.3) is 0 Å². The molecule has 3 N–H and O–H groups in total. The summed E-state index contributed by atoms with van der Waals surface area (Å²) in [5.74, 6) is 0.846. The van der Waals surface area contributed by atoms with Crippen LogP contribution in [0.2, 0.25) is 0 Å². The van der Waals surface area contributed by atoms with E-state index in [2.05, 4.69) is 9.97 Å². The molecular weight excluding hydrogens is 473 g/mol. The largest absolute Gasteiger partial charge is 0.494 e. The van der Waals surface area contributed by atoms with Gasteiger partial charge in [-0.1, -0.05) is 12.1 Å². The van der Waals surface area contributed by atoms with Gasteiger partial charge in [-0.25, -0.2) is 0 Å². The summed E-state index contributed by atoms with van der Waals surface area (Å²) in [7, 11) is -2.96. The molecular formula is C21H27F2N4O6P. The first-order chi connectivity index (χ1) is 16.0. The van der Waals surface area contributed by atoms with E-state index in [-0.39, 0.29) is 50.3 Å². The summed E-state index contributed by atoms with van der Waals surface area (Å²) in [5, 5.41) is 0. The molecule has 0 fully saturated rings. The molecule has 186 valence electrons. The molecule has 1 amide bonds. The van der Waals surface area contributed by atoms with Crippen molar-refractivity contribution in [1.29, 1.82) is 0 Å². The summed E-state index contributed by atoms with van der Waals surface area (Å²) in [5.41, 5.74) is 3.68. The third-order valence-electron chi connectivity index (χ3n) is 5.16. The molecule has 1 atom stereocenters. The Morgan fingerprint density at radius 2 is 1.88 bits per heavy atom. The zero-order chi connectivity index (χ0) is 24.9. The number of aromatic nitrogens is 2. The molecule has 1 aliphatic heterocycles. The standard InChI is InChI=1S/C21H27F2N4O6P/c1-31-10-11-33-20-25-18(24)16-12-17(28)27(19(16)26-20)13-14-4-6-15(7-5-14)32-9-3-8-21(22,23)34(2,29)30/h4-7H,3,8-13H2,1-2H3,(H,29,30)(H2,24,25,26). The minimum atomic E-state index is -4.50. The molecule has 0 radical (unpaired) electrons. The van der Waals surface area contributed by atoms with Gasteiger partial charge in [0, 0.05) is 25.8 Å². The maximum Gasteiger partial charge on any atom is 0.321 e. The van der Waals surface area contributed by atoms with Crippen LogP contribution in [0.3, 0.4) is 0 Å². The van der Waals surface area contributed by atoms with E-state index in [4.69, 9.17) is 24.8 Å². The lowest BCUT2D eigenvalue weighted by molar-refractivity contribution is -0.117. The van der Waals surface area contributed by atoms with Gasteiger partial charge in [-0.05, 0) is 24.1 Å². The Morgan fingerprint density at radius 3 is 2.53 bits per heavy atom. The summed E-state index contributed by atoms with van der Waals surface area (Å²) in [6, 6.07) is 6.84. The van der Waals surface area contributed by atoms with Crippen LogP contribution in [0, 0.1) is 0 Å². The summed E-state index contributed by atoms with van der Waals surface area (Å²) in [6.45, 7) is 1.43. The SMILES string of the molecule is COCCOc1nc(N)c2c(n1)N(Cc1ccc(OCCCC(F)(F)P(C)(=O)O)cc1)C(=O)C2. The number of nitrogens with two attached hydrogens (primary N) is 1. The van der Waals surface area contributed by atoms with Gasteiger partial charge in [0.15, 0.2) is 0 Å². The van der Waals surface area contributed by atoms with Crippen molar-refractivity contribution in [3.05, 3.63) is 35.4 Å². The number of carbonyl (C=O) groups is 1. The van der Waals surface area contributed by atoms with E-state index in [0.29, 0.717) is 30.4 Å². The van der Waals surface area contributed by atoms with Crippen LogP contribution in [0.5, 0.6) is 11.8 Å². The predicted octanol–water partition coefficient (Wildman–Crippen LogP) is 2.83. The Hall–Kier alpha value is -2.82. The van der Waals surface area contributed by atoms with Crippen LogP contribution >= 0.6 is 7.37 Å². The number of amides is 1. The van der Waals surface area contributed by atoms with Crippen LogP contribution in [-0.4, -0.2) is 60.0 Å². The average Bonchev–Trinajstić information content (AvgIpc) is 3.08. The van der Waals surface area contributed by atoms with Gasteiger partial charge in [-0.15, -0.1) is 0 Å². The molecule has 0 aliphatic carbocycles. The molecule has 1 aliphatic rings. The fourth-order valence-corrected chi connectivity index (χ4v) is 3.80. The number of benzene rings is 1. The average molecular weight is 500 g/mol. The third kappa shape index (κ3) is 6.19. The highest BCUT2D eigenvalue weighted by molar-refractivity contribution is 7.58. The Labute approximate surface area is 195 Å². The molecule has 13 heteroatoms. The number of nitrogen functional groups attached to an aromatic ring is 1. The van der Waals surface area contributed by atoms with Crippen molar-refractivity contribution in [2.75, 3.05) is 44.2 Å². The second-order valence-corrected chi connectivity index (χ2v) is 10.2. The molecule has 0 spiro atoms. The monoisotopic (exact) mass is 500 g/mol. The zero-order valence-electron chi connectivity index (χ0n) is 18.9. The van der Waals surface area contributed by atoms with Crippen molar-refractivity contribution in [2.45, 2.75) is 31.5 Å². The van der Waals surface area contributed by atoms with E-state index in [1.54, 1.807) is 24.3 Å². The van der Waals surface area contributed by atoms with Gasteiger partial charge < -0.3 is 24.8 Å². The zero-order valence-corrected chi connectivity index (χ0v) is 19.8. The van der Waals surface area contributed by atoms with Crippen molar-refractivity contribution in [3.8, 4) is 11.8 Å². The molecule has 0 saturated carbocycles. The lowest BCUT2D eigenvalue weighted by atomic mass is 10.2. The van der Waals surface area contributed by atoms with E-state index < -0.39 is 19.5 Å². The van der Waals surface area contributed by atoms with Crippen molar-refractivity contribution in [1.82, 2.24) is 9.97 Å². The molecule has 1 aromatic carbocycles. The third-order valence-corrected chi connectivity index (χ3v) is 6.60. The van der Waals surface area contributed by atoms with Gasteiger partial charge in [0.05, 0.1) is 26.2 Å². The lowest BCUT2D eigenvalue weighted by Crippen LogP contribution is -2.26. The van der Waals surface area contributed by atoms with Gasteiger partial charge in [0.1, 0.15) is 24.0 Å². The van der Waals surface area contributed by atoms with Gasteiger partial charge in [0.2, 0.25) is 5.91 Å². The highest BCUT2D eigenvalue weighted by atomic mass is 31.2. The first-order valence-electron chi connectivity index (χ1n) is 10.5. The Morgan fingerprint density at radius 1 is 1.18 bits per heavy atom.